The summed E-state index contributed by atoms with van der Waals surface area (Å²) in [7, 11) is 3.43. The number of piperidine rings is 1. The molecule has 8 nitrogen and oxygen atoms in total. The summed E-state index contributed by atoms with van der Waals surface area (Å²) in [6.07, 6.45) is 1.49. The lowest BCUT2D eigenvalue weighted by Crippen LogP contribution is -2.57. The second-order valence-electron chi connectivity index (χ2n) is 10.7. The van der Waals surface area contributed by atoms with Crippen LogP contribution in [0.5, 0.6) is 0 Å². The highest BCUT2D eigenvalue weighted by atomic mass is 35.5. The number of carbonyl (C=O) groups is 3. The van der Waals surface area contributed by atoms with Crippen molar-refractivity contribution in [3.05, 3.63) is 35.5 Å². The monoisotopic (exact) mass is 502 g/mol. The van der Waals surface area contributed by atoms with E-state index in [0.29, 0.717) is 32.4 Å². The normalized spacial score (nSPS) is 21.1. The Bertz CT molecular complexity index is 1110. The van der Waals surface area contributed by atoms with E-state index in [1.54, 1.807) is 28.8 Å². The molecule has 2 aliphatic heterocycles. The molecular weight excluding hydrogens is 468 g/mol. The van der Waals surface area contributed by atoms with Gasteiger partial charge in [-0.1, -0.05) is 18.2 Å². The lowest BCUT2D eigenvalue weighted by molar-refractivity contribution is -0.148. The van der Waals surface area contributed by atoms with Crippen LogP contribution in [0.2, 0.25) is 0 Å². The molecule has 0 saturated carbocycles. The number of rotatable bonds is 3. The van der Waals surface area contributed by atoms with Crippen LogP contribution in [0.1, 0.15) is 50.9 Å². The zero-order valence-electron chi connectivity index (χ0n) is 21.1. The van der Waals surface area contributed by atoms with Crippen molar-refractivity contribution >= 4 is 40.4 Å². The molecule has 1 fully saturated rings. The Morgan fingerprint density at radius 3 is 2.40 bits per heavy atom. The molecule has 2 aromatic rings. The number of likely N-dealkylation sites (tertiary alicyclic amines) is 1. The van der Waals surface area contributed by atoms with Crippen LogP contribution in [0, 0.1) is 5.92 Å². The number of fused-ring (bicyclic) bond motifs is 3. The first-order valence-corrected chi connectivity index (χ1v) is 12.7. The van der Waals surface area contributed by atoms with Crippen molar-refractivity contribution in [2.45, 2.75) is 57.7 Å². The third-order valence-corrected chi connectivity index (χ3v) is 7.17. The summed E-state index contributed by atoms with van der Waals surface area (Å²) in [5.74, 6) is -0.503. The van der Waals surface area contributed by atoms with E-state index in [9.17, 15) is 14.4 Å². The van der Waals surface area contributed by atoms with Crippen molar-refractivity contribution in [2.75, 3.05) is 33.1 Å². The molecular formula is C26H35ClN4O4. The number of hydrogen-bond acceptors (Lipinski definition) is 4. The second kappa shape index (κ2) is 9.72. The molecule has 0 radical (unpaired) electrons. The minimum atomic E-state index is -0.628. The molecule has 4 rings (SSSR count). The highest BCUT2D eigenvalue weighted by Gasteiger charge is 2.46. The molecule has 0 spiro atoms. The number of nitrogens with zero attached hydrogens (tertiary/aromatic N) is 3. The van der Waals surface area contributed by atoms with Crippen LogP contribution in [0.25, 0.3) is 10.9 Å². The molecule has 1 N–H and O–H groups in total. The minimum absolute atomic E-state index is 0.0606. The molecule has 0 aliphatic carbocycles. The quantitative estimate of drug-likeness (QED) is 0.644. The SMILES string of the molecule is CN(C)C(=O)[C@H]1Cc2c([nH]c3ccccc23)[C@H](C2CCN(C(=O)OC(C)(C)C)CC2)N1C(=O)CCl. The van der Waals surface area contributed by atoms with E-state index in [4.69, 9.17) is 16.3 Å². The standard InChI is InChI=1S/C26H35ClN4O4/c1-26(2,3)35-25(34)30-12-10-16(11-13-30)23-22-18(17-8-6-7-9-19(17)28-22)14-20(24(33)29(4)5)31(23)21(32)15-27/h6-9,16,20,23,28H,10-15H2,1-5H3/t20-,23+/m1/s1. The number of para-hydroxylation sites is 1. The van der Waals surface area contributed by atoms with Crippen LogP contribution in [0.4, 0.5) is 4.79 Å². The van der Waals surface area contributed by atoms with Gasteiger partial charge in [0, 0.05) is 50.2 Å². The summed E-state index contributed by atoms with van der Waals surface area (Å²) < 4.78 is 5.55. The molecule has 1 saturated heterocycles. The third-order valence-electron chi connectivity index (χ3n) is 6.94. The van der Waals surface area contributed by atoms with Gasteiger partial charge in [-0.2, -0.15) is 0 Å². The maximum absolute atomic E-state index is 13.3. The summed E-state index contributed by atoms with van der Waals surface area (Å²) >= 11 is 6.08. The van der Waals surface area contributed by atoms with Gasteiger partial charge in [-0.3, -0.25) is 9.59 Å². The number of nitrogens with one attached hydrogen (secondary N) is 1. The van der Waals surface area contributed by atoms with Crippen molar-refractivity contribution in [2.24, 2.45) is 5.92 Å². The average Bonchev–Trinajstić information content (AvgIpc) is 3.19. The van der Waals surface area contributed by atoms with Gasteiger partial charge in [0.05, 0.1) is 6.04 Å². The summed E-state index contributed by atoms with van der Waals surface area (Å²) in [6.45, 7) is 6.62. The van der Waals surface area contributed by atoms with Crippen LogP contribution >= 0.6 is 11.6 Å². The van der Waals surface area contributed by atoms with Gasteiger partial charge in [0.15, 0.2) is 0 Å². The van der Waals surface area contributed by atoms with Crippen molar-refractivity contribution < 1.29 is 19.1 Å². The van der Waals surface area contributed by atoms with Crippen LogP contribution in [-0.4, -0.2) is 82.3 Å². The van der Waals surface area contributed by atoms with Crippen molar-refractivity contribution in [1.82, 2.24) is 19.7 Å². The van der Waals surface area contributed by atoms with E-state index in [-0.39, 0.29) is 35.7 Å². The summed E-state index contributed by atoms with van der Waals surface area (Å²) in [4.78, 5) is 47.7. The second-order valence-corrected chi connectivity index (χ2v) is 11.0. The highest BCUT2D eigenvalue weighted by molar-refractivity contribution is 6.27. The Balaban J connectivity index is 1.71. The van der Waals surface area contributed by atoms with Gasteiger partial charge in [-0.05, 0) is 51.2 Å². The number of hydrogen-bond donors (Lipinski definition) is 1. The van der Waals surface area contributed by atoms with Crippen LogP contribution in [-0.2, 0) is 20.7 Å². The lowest BCUT2D eigenvalue weighted by atomic mass is 9.80. The molecule has 9 heteroatoms. The number of halogens is 1. The molecule has 35 heavy (non-hydrogen) atoms. The highest BCUT2D eigenvalue weighted by Crippen LogP contribution is 2.44. The Kier molecular flexibility index (Phi) is 7.04. The van der Waals surface area contributed by atoms with Gasteiger partial charge in [0.25, 0.3) is 0 Å². The predicted octanol–water partition coefficient (Wildman–Crippen LogP) is 3.94. The molecule has 0 bridgehead atoms. The molecule has 0 unspecified atom stereocenters. The van der Waals surface area contributed by atoms with Gasteiger partial charge < -0.3 is 24.4 Å². The Morgan fingerprint density at radius 2 is 1.80 bits per heavy atom. The molecule has 2 atom stereocenters. The molecule has 1 aromatic heterocycles. The van der Waals surface area contributed by atoms with Gasteiger partial charge in [-0.15, -0.1) is 11.6 Å². The fourth-order valence-electron chi connectivity index (χ4n) is 5.41. The first-order chi connectivity index (χ1) is 16.5. The molecule has 3 heterocycles. The fourth-order valence-corrected chi connectivity index (χ4v) is 5.55. The van der Waals surface area contributed by atoms with Gasteiger partial charge >= 0.3 is 6.09 Å². The first-order valence-electron chi connectivity index (χ1n) is 12.2. The Morgan fingerprint density at radius 1 is 1.14 bits per heavy atom. The minimum Gasteiger partial charge on any atom is -0.444 e. The molecule has 190 valence electrons. The average molecular weight is 503 g/mol. The van der Waals surface area contributed by atoms with Crippen LogP contribution < -0.4 is 0 Å². The first kappa shape index (κ1) is 25.4. The largest absolute Gasteiger partial charge is 0.444 e. The maximum Gasteiger partial charge on any atom is 0.410 e. The van der Waals surface area contributed by atoms with Crippen molar-refractivity contribution in [1.29, 1.82) is 0 Å². The number of carbonyl (C=O) groups excluding carboxylic acids is 3. The fraction of sp³-hybridized carbons (Fsp3) is 0.577. The number of benzene rings is 1. The number of likely N-dealkylation sites (N-methyl/N-ethyl adjacent to an activating group) is 1. The topological polar surface area (TPSA) is 85.9 Å². The predicted molar refractivity (Wildman–Crippen MR) is 135 cm³/mol. The van der Waals surface area contributed by atoms with Gasteiger partial charge in [0.2, 0.25) is 11.8 Å². The van der Waals surface area contributed by atoms with Crippen LogP contribution in [0.3, 0.4) is 0 Å². The summed E-state index contributed by atoms with van der Waals surface area (Å²) in [6, 6.07) is 7.09. The number of aromatic nitrogens is 1. The number of aromatic amines is 1. The number of amides is 3. The van der Waals surface area contributed by atoms with Gasteiger partial charge in [-0.25, -0.2) is 4.79 Å². The summed E-state index contributed by atoms with van der Waals surface area (Å²) in [5.41, 5.74) is 2.49. The van der Waals surface area contributed by atoms with Gasteiger partial charge in [0.1, 0.15) is 17.5 Å². The summed E-state index contributed by atoms with van der Waals surface area (Å²) in [5, 5.41) is 1.08. The number of H-pyrrole nitrogens is 1. The van der Waals surface area contributed by atoms with E-state index in [1.807, 2.05) is 39.0 Å². The Labute approximate surface area is 211 Å². The number of ether oxygens (including phenoxy) is 1. The van der Waals surface area contributed by atoms with E-state index in [0.717, 1.165) is 22.2 Å². The van der Waals surface area contributed by atoms with Crippen molar-refractivity contribution in [3.8, 4) is 0 Å². The van der Waals surface area contributed by atoms with E-state index < -0.39 is 11.6 Å². The maximum atomic E-state index is 13.3. The zero-order valence-corrected chi connectivity index (χ0v) is 21.9. The van der Waals surface area contributed by atoms with Crippen LogP contribution in [0.15, 0.2) is 24.3 Å². The lowest BCUT2D eigenvalue weighted by Gasteiger charge is -2.47. The van der Waals surface area contributed by atoms with E-state index in [2.05, 4.69) is 11.1 Å². The van der Waals surface area contributed by atoms with E-state index in [1.165, 1.54) is 0 Å². The molecule has 2 aliphatic rings. The zero-order chi connectivity index (χ0) is 25.5. The Hall–Kier alpha value is -2.74. The van der Waals surface area contributed by atoms with E-state index >= 15 is 0 Å². The van der Waals surface area contributed by atoms with Crippen molar-refractivity contribution in [3.63, 3.8) is 0 Å². The molecule has 3 amide bonds. The number of alkyl halides is 1. The smallest absolute Gasteiger partial charge is 0.410 e. The molecule has 1 aromatic carbocycles. The third kappa shape index (κ3) is 4.99.